The zero-order chi connectivity index (χ0) is 13.9. The number of nitrogens with two attached hydrogens (primary N) is 1. The van der Waals surface area contributed by atoms with E-state index in [0.717, 1.165) is 12.2 Å². The van der Waals surface area contributed by atoms with Crippen molar-refractivity contribution in [2.45, 2.75) is 50.1 Å². The average molecular weight is 266 g/mol. The van der Waals surface area contributed by atoms with Crippen molar-refractivity contribution in [1.29, 1.82) is 0 Å². The van der Waals surface area contributed by atoms with E-state index in [-0.39, 0.29) is 11.6 Å². The Labute approximate surface area is 115 Å². The highest BCUT2D eigenvalue weighted by atomic mass is 15.3. The number of likely N-dealkylation sites (N-methyl/N-ethyl adjacent to an activating group) is 1. The number of aryl methyl sites for hydroxylation is 1. The summed E-state index contributed by atoms with van der Waals surface area (Å²) in [5.41, 5.74) is 3.16. The molecule has 0 amide bonds. The third kappa shape index (κ3) is 2.80. The third-order valence-electron chi connectivity index (χ3n) is 4.65. The summed E-state index contributed by atoms with van der Waals surface area (Å²) in [7, 11) is 6.25. The molecule has 1 aliphatic rings. The second-order valence-electron chi connectivity index (χ2n) is 5.78. The van der Waals surface area contributed by atoms with Crippen molar-refractivity contribution >= 4 is 0 Å². The minimum atomic E-state index is 0.124. The molecule has 0 saturated heterocycles. The van der Waals surface area contributed by atoms with Crippen LogP contribution in [0.15, 0.2) is 6.33 Å². The number of nitrogens with zero attached hydrogens (tertiary/aromatic N) is 4. The lowest BCUT2D eigenvalue weighted by molar-refractivity contribution is 0.0558. The Morgan fingerprint density at radius 2 is 2.11 bits per heavy atom. The summed E-state index contributed by atoms with van der Waals surface area (Å²) in [5, 5.41) is 4.14. The lowest BCUT2D eigenvalue weighted by Crippen LogP contribution is -2.62. The number of rotatable bonds is 5. The molecule has 1 saturated carbocycles. The largest absolute Gasteiger partial charge is 0.302 e. The smallest absolute Gasteiger partial charge is 0.138 e. The van der Waals surface area contributed by atoms with Crippen LogP contribution in [0.5, 0.6) is 0 Å². The van der Waals surface area contributed by atoms with Crippen LogP contribution < -0.4 is 11.3 Å². The zero-order valence-corrected chi connectivity index (χ0v) is 12.3. The molecule has 0 aliphatic heterocycles. The molecule has 1 fully saturated rings. The highest BCUT2D eigenvalue weighted by Crippen LogP contribution is 2.35. The second-order valence-corrected chi connectivity index (χ2v) is 5.78. The molecule has 0 spiro atoms. The normalized spacial score (nSPS) is 20.7. The highest BCUT2D eigenvalue weighted by Gasteiger charge is 2.41. The Hall–Kier alpha value is -0.980. The van der Waals surface area contributed by atoms with E-state index in [1.807, 2.05) is 11.7 Å². The van der Waals surface area contributed by atoms with Crippen molar-refractivity contribution in [2.24, 2.45) is 12.9 Å². The molecule has 3 N–H and O–H groups in total. The van der Waals surface area contributed by atoms with Gasteiger partial charge in [-0.3, -0.25) is 16.0 Å². The van der Waals surface area contributed by atoms with Gasteiger partial charge in [0.2, 0.25) is 0 Å². The van der Waals surface area contributed by atoms with Crippen LogP contribution in [-0.2, 0) is 13.5 Å². The first-order chi connectivity index (χ1) is 9.10. The first-order valence-corrected chi connectivity index (χ1v) is 7.06. The van der Waals surface area contributed by atoms with E-state index in [9.17, 15) is 0 Å². The van der Waals surface area contributed by atoms with Gasteiger partial charge in [-0.05, 0) is 26.9 Å². The van der Waals surface area contributed by atoms with Gasteiger partial charge in [0, 0.05) is 25.0 Å². The molecule has 1 aromatic heterocycles. The van der Waals surface area contributed by atoms with Crippen LogP contribution in [0.25, 0.3) is 0 Å². The van der Waals surface area contributed by atoms with Crippen LogP contribution in [0.1, 0.15) is 37.9 Å². The van der Waals surface area contributed by atoms with Gasteiger partial charge in [0.15, 0.2) is 0 Å². The molecular weight excluding hydrogens is 240 g/mol. The maximum atomic E-state index is 5.86. The van der Waals surface area contributed by atoms with E-state index in [1.165, 1.54) is 32.1 Å². The Morgan fingerprint density at radius 3 is 2.58 bits per heavy atom. The van der Waals surface area contributed by atoms with Crippen LogP contribution in [0.2, 0.25) is 0 Å². The van der Waals surface area contributed by atoms with E-state index >= 15 is 0 Å². The van der Waals surface area contributed by atoms with Crippen LogP contribution in [-0.4, -0.2) is 45.3 Å². The monoisotopic (exact) mass is 266 g/mol. The number of hydrogen-bond donors (Lipinski definition) is 2. The average Bonchev–Trinajstić information content (AvgIpc) is 2.82. The lowest BCUT2D eigenvalue weighted by atomic mass is 9.74. The molecule has 0 bridgehead atoms. The molecule has 108 valence electrons. The molecule has 1 atom stereocenters. The standard InChI is InChI=1S/C13H26N6/c1-18(2)13(7-5-4-6-8-13)11(17-14)9-12-15-10-16-19(12)3/h10-11,17H,4-9,14H2,1-3H3. The van der Waals surface area contributed by atoms with Crippen molar-refractivity contribution in [3.05, 3.63) is 12.2 Å². The molecule has 1 unspecified atom stereocenters. The number of nitrogens with one attached hydrogen (secondary N) is 1. The van der Waals surface area contributed by atoms with Crippen LogP contribution >= 0.6 is 0 Å². The Kier molecular flexibility index (Phi) is 4.54. The van der Waals surface area contributed by atoms with E-state index < -0.39 is 0 Å². The van der Waals surface area contributed by atoms with Crippen molar-refractivity contribution < 1.29 is 0 Å². The SMILES string of the molecule is CN(C)C1(C(Cc2ncnn2C)NN)CCCCC1. The Morgan fingerprint density at radius 1 is 1.42 bits per heavy atom. The van der Waals surface area contributed by atoms with Crippen LogP contribution in [0, 0.1) is 0 Å². The van der Waals surface area contributed by atoms with Gasteiger partial charge in [0.05, 0.1) is 0 Å². The van der Waals surface area contributed by atoms with Gasteiger partial charge >= 0.3 is 0 Å². The summed E-state index contributed by atoms with van der Waals surface area (Å²) in [4.78, 5) is 6.67. The summed E-state index contributed by atoms with van der Waals surface area (Å²) >= 11 is 0. The van der Waals surface area contributed by atoms with Crippen molar-refractivity contribution in [1.82, 2.24) is 25.1 Å². The Balaban J connectivity index is 2.20. The van der Waals surface area contributed by atoms with Crippen molar-refractivity contribution in [2.75, 3.05) is 14.1 Å². The first-order valence-electron chi connectivity index (χ1n) is 7.06. The third-order valence-corrected chi connectivity index (χ3v) is 4.65. The summed E-state index contributed by atoms with van der Waals surface area (Å²) in [5.74, 6) is 6.84. The molecule has 19 heavy (non-hydrogen) atoms. The molecule has 0 aromatic carbocycles. The minimum Gasteiger partial charge on any atom is -0.302 e. The zero-order valence-electron chi connectivity index (χ0n) is 12.3. The van der Waals surface area contributed by atoms with Gasteiger partial charge < -0.3 is 4.90 Å². The second kappa shape index (κ2) is 5.98. The number of hydrazine groups is 1. The van der Waals surface area contributed by atoms with Gasteiger partial charge in [-0.15, -0.1) is 0 Å². The molecule has 1 heterocycles. The van der Waals surface area contributed by atoms with Gasteiger partial charge in [0.1, 0.15) is 12.2 Å². The van der Waals surface area contributed by atoms with Crippen molar-refractivity contribution in [3.8, 4) is 0 Å². The van der Waals surface area contributed by atoms with E-state index in [1.54, 1.807) is 6.33 Å². The van der Waals surface area contributed by atoms with Gasteiger partial charge in [0.25, 0.3) is 0 Å². The molecule has 2 rings (SSSR count). The van der Waals surface area contributed by atoms with Gasteiger partial charge in [-0.25, -0.2) is 4.98 Å². The van der Waals surface area contributed by atoms with Gasteiger partial charge in [-0.1, -0.05) is 19.3 Å². The van der Waals surface area contributed by atoms with E-state index in [0.29, 0.717) is 0 Å². The first kappa shape index (κ1) is 14.4. The van der Waals surface area contributed by atoms with Crippen LogP contribution in [0.3, 0.4) is 0 Å². The summed E-state index contributed by atoms with van der Waals surface area (Å²) in [6.07, 6.45) is 8.66. The lowest BCUT2D eigenvalue weighted by Gasteiger charge is -2.48. The highest BCUT2D eigenvalue weighted by molar-refractivity contribution is 5.04. The molecular formula is C13H26N6. The fourth-order valence-corrected chi connectivity index (χ4v) is 3.36. The molecule has 6 nitrogen and oxygen atoms in total. The molecule has 0 radical (unpaired) electrons. The number of hydrogen-bond acceptors (Lipinski definition) is 5. The fourth-order valence-electron chi connectivity index (χ4n) is 3.36. The van der Waals surface area contributed by atoms with E-state index in [4.69, 9.17) is 5.84 Å². The maximum absolute atomic E-state index is 5.86. The van der Waals surface area contributed by atoms with Crippen LogP contribution in [0.4, 0.5) is 0 Å². The summed E-state index contributed by atoms with van der Waals surface area (Å²) in [6.45, 7) is 0. The molecule has 1 aromatic rings. The Bertz CT molecular complexity index is 394. The van der Waals surface area contributed by atoms with E-state index in [2.05, 4.69) is 34.5 Å². The summed E-state index contributed by atoms with van der Waals surface area (Å²) < 4.78 is 1.83. The fraction of sp³-hybridized carbons (Fsp3) is 0.846. The maximum Gasteiger partial charge on any atom is 0.138 e. The van der Waals surface area contributed by atoms with Gasteiger partial charge in [-0.2, -0.15) is 5.10 Å². The minimum absolute atomic E-state index is 0.124. The molecule has 6 heteroatoms. The van der Waals surface area contributed by atoms with Crippen molar-refractivity contribution in [3.63, 3.8) is 0 Å². The number of aromatic nitrogens is 3. The molecule has 1 aliphatic carbocycles. The predicted molar refractivity (Wildman–Crippen MR) is 75.3 cm³/mol. The predicted octanol–water partition coefficient (Wildman–Crippen LogP) is 0.454. The topological polar surface area (TPSA) is 72.0 Å². The summed E-state index contributed by atoms with van der Waals surface area (Å²) in [6, 6.07) is 0.200. The quantitative estimate of drug-likeness (QED) is 0.598.